The number of rotatable bonds is 5. The molecule has 9 heteroatoms. The molecule has 1 aromatic rings. The van der Waals surface area contributed by atoms with E-state index in [9.17, 15) is 20.0 Å². The highest BCUT2D eigenvalue weighted by molar-refractivity contribution is 5.94. The number of nitro groups is 1. The van der Waals surface area contributed by atoms with Gasteiger partial charge in [-0.1, -0.05) is 13.8 Å². The number of non-ortho nitro benzene ring substituents is 1. The standard InChI is InChI=1S/C15H20N2O7/c1-8(2)13-22-14(15(3,4)24-23-13)16-11-7-9(17(20)21)5-6-10(11)12(18)19/h5-8,13-14,16H,1-4H3,(H,18,19). The van der Waals surface area contributed by atoms with Gasteiger partial charge in [0.25, 0.3) is 5.69 Å². The second-order valence-corrected chi connectivity index (χ2v) is 6.35. The van der Waals surface area contributed by atoms with Gasteiger partial charge in [0.2, 0.25) is 0 Å². The lowest BCUT2D eigenvalue weighted by Crippen LogP contribution is -2.54. The van der Waals surface area contributed by atoms with Crippen LogP contribution >= 0.6 is 0 Å². The van der Waals surface area contributed by atoms with Crippen molar-refractivity contribution in [1.82, 2.24) is 0 Å². The molecule has 0 bridgehead atoms. The summed E-state index contributed by atoms with van der Waals surface area (Å²) in [6.07, 6.45) is -1.42. The normalized spacial score (nSPS) is 23.0. The number of ether oxygens (including phenoxy) is 1. The molecule has 1 saturated heterocycles. The number of benzene rings is 1. The molecule has 132 valence electrons. The summed E-state index contributed by atoms with van der Waals surface area (Å²) in [5, 5.41) is 23.1. The molecule has 1 heterocycles. The highest BCUT2D eigenvalue weighted by atomic mass is 17.2. The molecule has 0 saturated carbocycles. The fraction of sp³-hybridized carbons (Fsp3) is 0.533. The lowest BCUT2D eigenvalue weighted by molar-refractivity contribution is -0.485. The highest BCUT2D eigenvalue weighted by Crippen LogP contribution is 2.32. The SMILES string of the molecule is CC(C)C1OOC(C)(C)C(Nc2cc([N+](=O)[O-])ccc2C(=O)O)O1. The molecule has 24 heavy (non-hydrogen) atoms. The third-order valence-corrected chi connectivity index (χ3v) is 3.53. The number of nitro benzene ring substituents is 1. The number of carboxylic acids is 1. The van der Waals surface area contributed by atoms with Crippen LogP contribution in [0.1, 0.15) is 38.1 Å². The molecule has 0 radical (unpaired) electrons. The molecule has 2 atom stereocenters. The summed E-state index contributed by atoms with van der Waals surface area (Å²) in [6.45, 7) is 7.14. The van der Waals surface area contributed by atoms with E-state index in [4.69, 9.17) is 14.5 Å². The summed E-state index contributed by atoms with van der Waals surface area (Å²) in [4.78, 5) is 32.2. The smallest absolute Gasteiger partial charge is 0.337 e. The number of carbonyl (C=O) groups is 1. The Hall–Kier alpha value is -2.23. The number of hydrogen-bond acceptors (Lipinski definition) is 7. The third kappa shape index (κ3) is 3.81. The first-order valence-electron chi connectivity index (χ1n) is 7.40. The highest BCUT2D eigenvalue weighted by Gasteiger charge is 2.42. The van der Waals surface area contributed by atoms with Gasteiger partial charge in [0, 0.05) is 18.1 Å². The molecule has 2 unspecified atom stereocenters. The van der Waals surface area contributed by atoms with Crippen LogP contribution in [0, 0.1) is 16.0 Å². The summed E-state index contributed by atoms with van der Waals surface area (Å²) in [5.74, 6) is -1.21. The molecule has 0 amide bonds. The van der Waals surface area contributed by atoms with Crippen molar-refractivity contribution in [3.8, 4) is 0 Å². The Labute approximate surface area is 138 Å². The van der Waals surface area contributed by atoms with Gasteiger partial charge in [-0.15, -0.1) is 0 Å². The van der Waals surface area contributed by atoms with Crippen LogP contribution in [0.15, 0.2) is 18.2 Å². The van der Waals surface area contributed by atoms with Crippen LogP contribution in [0.4, 0.5) is 11.4 Å². The Morgan fingerprint density at radius 2 is 2.08 bits per heavy atom. The lowest BCUT2D eigenvalue weighted by Gasteiger charge is -2.42. The van der Waals surface area contributed by atoms with Crippen LogP contribution < -0.4 is 5.32 Å². The Kier molecular flexibility index (Phi) is 5.07. The van der Waals surface area contributed by atoms with Gasteiger partial charge in [-0.25, -0.2) is 14.6 Å². The summed E-state index contributed by atoms with van der Waals surface area (Å²) in [5.41, 5.74) is -1.20. The fourth-order valence-electron chi connectivity index (χ4n) is 2.10. The minimum absolute atomic E-state index is 0.00514. The first-order valence-corrected chi connectivity index (χ1v) is 7.40. The van der Waals surface area contributed by atoms with E-state index in [-0.39, 0.29) is 22.9 Å². The maximum Gasteiger partial charge on any atom is 0.337 e. The largest absolute Gasteiger partial charge is 0.478 e. The molecule has 1 aliphatic heterocycles. The lowest BCUT2D eigenvalue weighted by atomic mass is 10.1. The van der Waals surface area contributed by atoms with Crippen molar-refractivity contribution in [3.63, 3.8) is 0 Å². The topological polar surface area (TPSA) is 120 Å². The Morgan fingerprint density at radius 1 is 1.42 bits per heavy atom. The summed E-state index contributed by atoms with van der Waals surface area (Å²) >= 11 is 0. The quantitative estimate of drug-likeness (QED) is 0.477. The number of nitrogens with one attached hydrogen (secondary N) is 1. The number of aromatic carboxylic acids is 1. The van der Waals surface area contributed by atoms with Crippen LogP contribution in [-0.4, -0.2) is 34.1 Å². The van der Waals surface area contributed by atoms with Gasteiger partial charge in [-0.05, 0) is 19.9 Å². The molecule has 9 nitrogen and oxygen atoms in total. The Balaban J connectivity index is 2.34. The van der Waals surface area contributed by atoms with Gasteiger partial charge in [0.15, 0.2) is 12.5 Å². The summed E-state index contributed by atoms with van der Waals surface area (Å²) in [6, 6.07) is 3.47. The van der Waals surface area contributed by atoms with Crippen molar-refractivity contribution in [2.75, 3.05) is 5.32 Å². The van der Waals surface area contributed by atoms with Crippen molar-refractivity contribution in [2.45, 2.75) is 45.8 Å². The van der Waals surface area contributed by atoms with Crippen LogP contribution in [0.5, 0.6) is 0 Å². The van der Waals surface area contributed by atoms with Crippen LogP contribution in [0.2, 0.25) is 0 Å². The summed E-state index contributed by atoms with van der Waals surface area (Å²) in [7, 11) is 0. The molecule has 2 rings (SSSR count). The van der Waals surface area contributed by atoms with Crippen LogP contribution in [0.25, 0.3) is 0 Å². The summed E-state index contributed by atoms with van der Waals surface area (Å²) < 4.78 is 5.78. The predicted molar refractivity (Wildman–Crippen MR) is 83.4 cm³/mol. The zero-order valence-corrected chi connectivity index (χ0v) is 13.8. The van der Waals surface area contributed by atoms with Crippen molar-refractivity contribution < 1.29 is 29.3 Å². The number of anilines is 1. The number of carboxylic acid groups (broad SMARTS) is 1. The van der Waals surface area contributed by atoms with Gasteiger partial charge < -0.3 is 15.2 Å². The minimum Gasteiger partial charge on any atom is -0.478 e. The van der Waals surface area contributed by atoms with Crippen LogP contribution in [-0.2, 0) is 14.5 Å². The van der Waals surface area contributed by atoms with E-state index in [2.05, 4.69) is 5.32 Å². The van der Waals surface area contributed by atoms with Gasteiger partial charge >= 0.3 is 5.97 Å². The van der Waals surface area contributed by atoms with Crippen molar-refractivity contribution in [3.05, 3.63) is 33.9 Å². The fourth-order valence-corrected chi connectivity index (χ4v) is 2.10. The molecule has 2 N–H and O–H groups in total. The van der Waals surface area contributed by atoms with Crippen molar-refractivity contribution in [2.24, 2.45) is 5.92 Å². The average molecular weight is 340 g/mol. The van der Waals surface area contributed by atoms with Gasteiger partial charge in [-0.2, -0.15) is 0 Å². The van der Waals surface area contributed by atoms with Crippen molar-refractivity contribution in [1.29, 1.82) is 0 Å². The van der Waals surface area contributed by atoms with E-state index in [1.54, 1.807) is 13.8 Å². The van der Waals surface area contributed by atoms with Crippen molar-refractivity contribution >= 4 is 17.3 Å². The van der Waals surface area contributed by atoms with Crippen LogP contribution in [0.3, 0.4) is 0 Å². The number of nitrogens with zero attached hydrogens (tertiary/aromatic N) is 1. The van der Waals surface area contributed by atoms with E-state index in [0.29, 0.717) is 0 Å². The molecule has 1 fully saturated rings. The second-order valence-electron chi connectivity index (χ2n) is 6.35. The van der Waals surface area contributed by atoms with Gasteiger partial charge in [0.05, 0.1) is 16.2 Å². The first kappa shape index (κ1) is 18.1. The molecule has 1 aromatic carbocycles. The molecule has 1 aliphatic rings. The third-order valence-electron chi connectivity index (χ3n) is 3.53. The molecule has 0 aliphatic carbocycles. The molecule has 0 aromatic heterocycles. The van der Waals surface area contributed by atoms with E-state index < -0.39 is 29.0 Å². The average Bonchev–Trinajstić information content (AvgIpc) is 2.48. The van der Waals surface area contributed by atoms with Gasteiger partial charge in [0.1, 0.15) is 5.60 Å². The van der Waals surface area contributed by atoms with E-state index in [1.165, 1.54) is 6.07 Å². The second kappa shape index (κ2) is 6.71. The first-order chi connectivity index (χ1) is 11.1. The number of hydrogen-bond donors (Lipinski definition) is 2. The molecular formula is C15H20N2O7. The maximum atomic E-state index is 11.4. The van der Waals surface area contributed by atoms with E-state index in [1.807, 2.05) is 13.8 Å². The Bertz CT molecular complexity index is 645. The predicted octanol–water partition coefficient (Wildman–Crippen LogP) is 2.77. The Morgan fingerprint density at radius 3 is 2.62 bits per heavy atom. The monoisotopic (exact) mass is 340 g/mol. The zero-order chi connectivity index (χ0) is 18.1. The van der Waals surface area contributed by atoms with E-state index >= 15 is 0 Å². The molecular weight excluding hydrogens is 320 g/mol. The maximum absolute atomic E-state index is 11.4. The van der Waals surface area contributed by atoms with E-state index in [0.717, 1.165) is 12.1 Å². The van der Waals surface area contributed by atoms with Gasteiger partial charge in [-0.3, -0.25) is 10.1 Å². The molecule has 0 spiro atoms. The zero-order valence-electron chi connectivity index (χ0n) is 13.8. The minimum atomic E-state index is -1.21.